The fourth-order valence-corrected chi connectivity index (χ4v) is 3.25. The Hall–Kier alpha value is -1.96. The highest BCUT2D eigenvalue weighted by Crippen LogP contribution is 2.16. The van der Waals surface area contributed by atoms with Gasteiger partial charge in [0.1, 0.15) is 0 Å². The molecule has 25 heavy (non-hydrogen) atoms. The molecule has 0 saturated carbocycles. The second kappa shape index (κ2) is 9.50. The van der Waals surface area contributed by atoms with Gasteiger partial charge in [0.05, 0.1) is 12.1 Å². The molecule has 8 heteroatoms. The molecule has 1 aliphatic rings. The van der Waals surface area contributed by atoms with Crippen molar-refractivity contribution in [2.24, 2.45) is 5.92 Å². The number of thiazole rings is 1. The molecule has 0 radical (unpaired) electrons. The molecule has 0 aromatic carbocycles. The summed E-state index contributed by atoms with van der Waals surface area (Å²) in [7, 11) is 0. The van der Waals surface area contributed by atoms with E-state index >= 15 is 0 Å². The van der Waals surface area contributed by atoms with Gasteiger partial charge >= 0.3 is 0 Å². The number of nitrogens with zero attached hydrogens (tertiary/aromatic N) is 2. The molecule has 2 N–H and O–H groups in total. The Kier molecular flexibility index (Phi) is 7.36. The van der Waals surface area contributed by atoms with E-state index in [2.05, 4.69) is 15.6 Å². The second-order valence-electron chi connectivity index (χ2n) is 6.51. The van der Waals surface area contributed by atoms with Gasteiger partial charge in [-0.05, 0) is 19.3 Å². The van der Waals surface area contributed by atoms with Crippen molar-refractivity contribution < 1.29 is 14.4 Å². The van der Waals surface area contributed by atoms with Gasteiger partial charge in [-0.15, -0.1) is 11.3 Å². The summed E-state index contributed by atoms with van der Waals surface area (Å²) >= 11 is 1.30. The lowest BCUT2D eigenvalue weighted by molar-refractivity contribution is -0.132. The number of rotatable bonds is 7. The lowest BCUT2D eigenvalue weighted by atomic mass is 10.1. The van der Waals surface area contributed by atoms with Crippen molar-refractivity contribution in [2.45, 2.75) is 46.0 Å². The van der Waals surface area contributed by atoms with E-state index in [9.17, 15) is 14.4 Å². The van der Waals surface area contributed by atoms with Gasteiger partial charge in [-0.1, -0.05) is 13.8 Å². The molecule has 1 aromatic rings. The Morgan fingerprint density at radius 1 is 1.24 bits per heavy atom. The van der Waals surface area contributed by atoms with Gasteiger partial charge in [0.25, 0.3) is 0 Å². The Morgan fingerprint density at radius 2 is 1.96 bits per heavy atom. The van der Waals surface area contributed by atoms with Crippen LogP contribution in [0, 0.1) is 5.92 Å². The number of carbonyl (C=O) groups excluding carboxylic acids is 3. The third-order valence-corrected chi connectivity index (χ3v) is 4.82. The minimum absolute atomic E-state index is 0.0958. The first kappa shape index (κ1) is 19.4. The monoisotopic (exact) mass is 366 g/mol. The van der Waals surface area contributed by atoms with Crippen molar-refractivity contribution in [3.63, 3.8) is 0 Å². The second-order valence-corrected chi connectivity index (χ2v) is 7.36. The van der Waals surface area contributed by atoms with Crippen LogP contribution in [0.1, 0.15) is 45.2 Å². The molecule has 138 valence electrons. The van der Waals surface area contributed by atoms with E-state index < -0.39 is 0 Å². The molecule has 0 bridgehead atoms. The fourth-order valence-electron chi connectivity index (χ4n) is 2.53. The summed E-state index contributed by atoms with van der Waals surface area (Å²) in [6, 6.07) is 0. The number of likely N-dealkylation sites (tertiary alicyclic amines) is 1. The van der Waals surface area contributed by atoms with Crippen LogP contribution >= 0.6 is 11.3 Å². The lowest BCUT2D eigenvalue weighted by Gasteiger charge is -2.26. The summed E-state index contributed by atoms with van der Waals surface area (Å²) in [5.41, 5.74) is 0.615. The Morgan fingerprint density at radius 3 is 2.64 bits per heavy atom. The quantitative estimate of drug-likeness (QED) is 0.770. The Balaban J connectivity index is 1.69. The van der Waals surface area contributed by atoms with Gasteiger partial charge in [0, 0.05) is 37.4 Å². The van der Waals surface area contributed by atoms with Gasteiger partial charge < -0.3 is 15.5 Å². The number of aromatic nitrogens is 1. The zero-order chi connectivity index (χ0) is 18.2. The van der Waals surface area contributed by atoms with Gasteiger partial charge in [-0.2, -0.15) is 0 Å². The molecule has 1 fully saturated rings. The predicted molar refractivity (Wildman–Crippen MR) is 97.3 cm³/mol. The summed E-state index contributed by atoms with van der Waals surface area (Å²) in [4.78, 5) is 41.7. The third-order valence-electron chi connectivity index (χ3n) is 4.02. The highest BCUT2D eigenvalue weighted by molar-refractivity contribution is 7.13. The highest BCUT2D eigenvalue weighted by atomic mass is 32.1. The maximum absolute atomic E-state index is 12.0. The highest BCUT2D eigenvalue weighted by Gasteiger charge is 2.16. The van der Waals surface area contributed by atoms with Crippen LogP contribution in [0.2, 0.25) is 0 Å². The van der Waals surface area contributed by atoms with Crippen LogP contribution < -0.4 is 10.6 Å². The van der Waals surface area contributed by atoms with Crippen molar-refractivity contribution in [1.82, 2.24) is 15.2 Å². The number of hydrogen-bond donors (Lipinski definition) is 2. The van der Waals surface area contributed by atoms with Crippen molar-refractivity contribution in [3.05, 3.63) is 11.1 Å². The molecule has 2 rings (SSSR count). The molecule has 1 saturated heterocycles. The van der Waals surface area contributed by atoms with E-state index in [1.54, 1.807) is 5.38 Å². The van der Waals surface area contributed by atoms with E-state index in [4.69, 9.17) is 0 Å². The van der Waals surface area contributed by atoms with Crippen molar-refractivity contribution in [2.75, 3.05) is 25.0 Å². The molecule has 0 spiro atoms. The van der Waals surface area contributed by atoms with Crippen molar-refractivity contribution >= 4 is 34.2 Å². The molecule has 1 aromatic heterocycles. The average molecular weight is 366 g/mol. The third kappa shape index (κ3) is 6.45. The van der Waals surface area contributed by atoms with E-state index in [-0.39, 0.29) is 30.1 Å². The zero-order valence-electron chi connectivity index (χ0n) is 14.8. The van der Waals surface area contributed by atoms with E-state index in [1.807, 2.05) is 18.7 Å². The fraction of sp³-hybridized carbons (Fsp3) is 0.647. The maximum atomic E-state index is 12.0. The molecule has 0 unspecified atom stereocenters. The number of amides is 3. The number of carbonyl (C=O) groups is 3. The minimum Gasteiger partial charge on any atom is -0.355 e. The minimum atomic E-state index is -0.168. The number of anilines is 1. The van der Waals surface area contributed by atoms with Gasteiger partial charge in [-0.25, -0.2) is 4.98 Å². The van der Waals surface area contributed by atoms with Crippen LogP contribution in [-0.4, -0.2) is 47.2 Å². The summed E-state index contributed by atoms with van der Waals surface area (Å²) in [5, 5.41) is 7.74. The predicted octanol–water partition coefficient (Wildman–Crippen LogP) is 1.80. The Bertz CT molecular complexity index is 609. The van der Waals surface area contributed by atoms with E-state index in [0.29, 0.717) is 23.8 Å². The summed E-state index contributed by atoms with van der Waals surface area (Å²) in [6.07, 6.45) is 3.80. The SMILES string of the molecule is CC(C)C(=O)Nc1nc(CC(=O)NCCC(=O)N2CCCCC2)cs1. The first-order chi connectivity index (χ1) is 12.0. The summed E-state index contributed by atoms with van der Waals surface area (Å²) in [6.45, 7) is 5.62. The van der Waals surface area contributed by atoms with E-state index in [0.717, 1.165) is 25.9 Å². The van der Waals surface area contributed by atoms with Crippen LogP contribution in [0.5, 0.6) is 0 Å². The smallest absolute Gasteiger partial charge is 0.228 e. The molecule has 2 heterocycles. The van der Waals surface area contributed by atoms with Crippen LogP contribution in [0.4, 0.5) is 5.13 Å². The number of hydrogen-bond acceptors (Lipinski definition) is 5. The summed E-state index contributed by atoms with van der Waals surface area (Å²) < 4.78 is 0. The number of nitrogens with one attached hydrogen (secondary N) is 2. The topological polar surface area (TPSA) is 91.4 Å². The first-order valence-electron chi connectivity index (χ1n) is 8.75. The zero-order valence-corrected chi connectivity index (χ0v) is 15.7. The van der Waals surface area contributed by atoms with Gasteiger partial charge in [-0.3, -0.25) is 14.4 Å². The van der Waals surface area contributed by atoms with Crippen molar-refractivity contribution in [1.29, 1.82) is 0 Å². The van der Waals surface area contributed by atoms with Crippen LogP contribution in [-0.2, 0) is 20.8 Å². The van der Waals surface area contributed by atoms with Crippen LogP contribution in [0.15, 0.2) is 5.38 Å². The largest absolute Gasteiger partial charge is 0.355 e. The number of piperidine rings is 1. The molecular weight excluding hydrogens is 340 g/mol. The standard InChI is InChI=1S/C17H26N4O3S/c1-12(2)16(24)20-17-19-13(11-25-17)10-14(22)18-7-6-15(23)21-8-4-3-5-9-21/h11-12H,3-10H2,1-2H3,(H,18,22)(H,19,20,24). The molecule has 1 aliphatic heterocycles. The molecule has 0 atom stereocenters. The molecular formula is C17H26N4O3S. The summed E-state index contributed by atoms with van der Waals surface area (Å²) in [5.74, 6) is -0.277. The molecule has 7 nitrogen and oxygen atoms in total. The molecule has 0 aliphatic carbocycles. The maximum Gasteiger partial charge on any atom is 0.228 e. The average Bonchev–Trinajstić information content (AvgIpc) is 3.02. The van der Waals surface area contributed by atoms with Crippen LogP contribution in [0.25, 0.3) is 0 Å². The van der Waals surface area contributed by atoms with Gasteiger partial charge in [0.15, 0.2) is 5.13 Å². The lowest BCUT2D eigenvalue weighted by Crippen LogP contribution is -2.38. The molecule has 3 amide bonds. The normalized spacial score (nSPS) is 14.4. The van der Waals surface area contributed by atoms with Crippen molar-refractivity contribution in [3.8, 4) is 0 Å². The first-order valence-corrected chi connectivity index (χ1v) is 9.63. The van der Waals surface area contributed by atoms with E-state index in [1.165, 1.54) is 17.8 Å². The van der Waals surface area contributed by atoms with Gasteiger partial charge in [0.2, 0.25) is 17.7 Å². The Labute approximate surface area is 152 Å². The van der Waals surface area contributed by atoms with Crippen LogP contribution in [0.3, 0.4) is 0 Å².